The van der Waals surface area contributed by atoms with Crippen molar-refractivity contribution < 1.29 is 18.9 Å². The van der Waals surface area contributed by atoms with Gasteiger partial charge in [-0.3, -0.25) is 29.3 Å². The number of methoxy groups -OCH3 is 2. The van der Waals surface area contributed by atoms with Gasteiger partial charge < -0.3 is 39.5 Å². The molecule has 0 spiro atoms. The van der Waals surface area contributed by atoms with E-state index in [9.17, 15) is 0 Å². The Balaban J connectivity index is 0.678. The van der Waals surface area contributed by atoms with Crippen molar-refractivity contribution >= 4 is 76.8 Å². The predicted molar refractivity (Wildman–Crippen MR) is 306 cm³/mol. The fourth-order valence-corrected chi connectivity index (χ4v) is 10.7. The Kier molecular flexibility index (Phi) is 13.6. The average Bonchev–Trinajstić information content (AvgIpc) is 4.39. The van der Waals surface area contributed by atoms with Crippen LogP contribution in [0.4, 0.5) is 11.4 Å². The zero-order chi connectivity index (χ0) is 53.3. The lowest BCUT2D eigenvalue weighted by atomic mass is 9.93. The van der Waals surface area contributed by atoms with Crippen LogP contribution in [0.1, 0.15) is 62.3 Å². The number of benzene rings is 4. The number of aromatic amines is 2. The molecule has 78 heavy (non-hydrogen) atoms. The number of pyridine rings is 4. The summed E-state index contributed by atoms with van der Waals surface area (Å²) in [7, 11) is 3.41. The maximum absolute atomic E-state index is 6.23. The van der Waals surface area contributed by atoms with Gasteiger partial charge in [0.25, 0.3) is 0 Å². The Morgan fingerprint density at radius 1 is 0.526 bits per heavy atom. The molecule has 0 aliphatic heterocycles. The van der Waals surface area contributed by atoms with Gasteiger partial charge >= 0.3 is 0 Å². The van der Waals surface area contributed by atoms with E-state index in [0.717, 1.165) is 148 Å². The van der Waals surface area contributed by atoms with E-state index < -0.39 is 0 Å². The molecule has 0 saturated carbocycles. The fourth-order valence-electron chi connectivity index (χ4n) is 10.7. The van der Waals surface area contributed by atoms with Crippen molar-refractivity contribution in [2.75, 3.05) is 24.9 Å². The van der Waals surface area contributed by atoms with Crippen molar-refractivity contribution in [1.82, 2.24) is 59.9 Å². The second kappa shape index (κ2) is 21.4. The van der Waals surface area contributed by atoms with E-state index in [1.807, 2.05) is 121 Å². The quantitative estimate of drug-likeness (QED) is 0.0529. The van der Waals surface area contributed by atoms with E-state index in [1.165, 1.54) is 0 Å². The van der Waals surface area contributed by atoms with Crippen molar-refractivity contribution in [3.05, 3.63) is 145 Å². The predicted octanol–water partition coefficient (Wildman–Crippen LogP) is 12.0. The number of ether oxygens (including phenoxy) is 4. The molecule has 0 bridgehead atoms. The average molecular weight is 1040 g/mol. The molecule has 18 nitrogen and oxygen atoms in total. The minimum absolute atomic E-state index is 0.109. The minimum Gasteiger partial charge on any atom is -0.496 e. The summed E-state index contributed by atoms with van der Waals surface area (Å²) in [6, 6.07) is 28.6. The van der Waals surface area contributed by atoms with Crippen LogP contribution in [0.2, 0.25) is 0 Å². The molecular formula is C60H60N14O4. The maximum atomic E-state index is 6.23. The summed E-state index contributed by atoms with van der Waals surface area (Å²) in [6.07, 6.45) is 14.8. The van der Waals surface area contributed by atoms with Gasteiger partial charge in [-0.1, -0.05) is 22.6 Å². The molecule has 12 rings (SSSR count). The molecule has 0 aliphatic rings. The summed E-state index contributed by atoms with van der Waals surface area (Å²) >= 11 is 0. The molecule has 2 atom stereocenters. The van der Waals surface area contributed by atoms with Gasteiger partial charge in [0.2, 0.25) is 0 Å². The number of nitrogens with one attached hydrogen (secondary N) is 4. The van der Waals surface area contributed by atoms with Crippen LogP contribution >= 0.6 is 0 Å². The molecule has 4 aromatic carbocycles. The molecule has 2 unspecified atom stereocenters. The molecule has 18 heteroatoms. The molecular weight excluding hydrogens is 981 g/mol. The van der Waals surface area contributed by atoms with E-state index >= 15 is 0 Å². The van der Waals surface area contributed by atoms with Gasteiger partial charge in [0, 0.05) is 117 Å². The fraction of sp³-hybridized carbons (Fsp3) is 0.267. The minimum atomic E-state index is 0.109. The second-order valence-electron chi connectivity index (χ2n) is 20.0. The van der Waals surface area contributed by atoms with Gasteiger partial charge in [0.15, 0.2) is 0 Å². The van der Waals surface area contributed by atoms with Crippen LogP contribution in [-0.2, 0) is 26.3 Å². The molecule has 0 radical (unpaired) electrons. The number of rotatable bonds is 21. The number of fused-ring (bicyclic) bond motifs is 8. The standard InChI is InChI=1S/C60H60N14O4/c1-35(11-9-25-73-31-39(69-71-73)33-77-41-15-17-49-47(27-41)43-19-23-61-37(3)57(43)67-49)65-51-29-53(75-5)55(45-13-7-21-63-59(45)51)56-46-14-8-22-64-60(46)52(30-54(56)76-6)66-36(2)12-10-26-74-32-40(70-72-74)34-78-42-16-18-50-48(28-42)44-20-24-62-38(4)58(44)68-50/h7-8,13-24,27-32,35-36,65-68H,9-12,25-26,33-34H2,1-6H3. The monoisotopic (exact) mass is 1040 g/mol. The highest BCUT2D eigenvalue weighted by Crippen LogP contribution is 2.48. The number of hydrogen-bond donors (Lipinski definition) is 4. The first kappa shape index (κ1) is 49.6. The summed E-state index contributed by atoms with van der Waals surface area (Å²) in [5, 5.41) is 31.4. The summed E-state index contributed by atoms with van der Waals surface area (Å²) < 4.78 is 28.6. The topological polar surface area (TPSA) is 206 Å². The molecule has 12 aromatic rings. The molecule has 8 heterocycles. The maximum Gasteiger partial charge on any atom is 0.134 e. The summed E-state index contributed by atoms with van der Waals surface area (Å²) in [5.41, 5.74) is 12.8. The Hall–Kier alpha value is -9.32. The van der Waals surface area contributed by atoms with Gasteiger partial charge in [-0.05, 0) is 114 Å². The molecule has 0 aliphatic carbocycles. The van der Waals surface area contributed by atoms with Crippen LogP contribution in [0, 0.1) is 13.8 Å². The van der Waals surface area contributed by atoms with Crippen LogP contribution in [0.3, 0.4) is 0 Å². The van der Waals surface area contributed by atoms with Gasteiger partial charge in [-0.25, -0.2) is 0 Å². The van der Waals surface area contributed by atoms with E-state index in [2.05, 4.69) is 89.3 Å². The molecule has 394 valence electrons. The largest absolute Gasteiger partial charge is 0.496 e. The van der Waals surface area contributed by atoms with Gasteiger partial charge in [-0.2, -0.15) is 0 Å². The highest BCUT2D eigenvalue weighted by atomic mass is 16.5. The Morgan fingerprint density at radius 2 is 0.987 bits per heavy atom. The Bertz CT molecular complexity index is 3880. The summed E-state index contributed by atoms with van der Waals surface area (Å²) in [6.45, 7) is 10.4. The lowest BCUT2D eigenvalue weighted by Gasteiger charge is -2.23. The Morgan fingerprint density at radius 3 is 1.44 bits per heavy atom. The zero-order valence-electron chi connectivity index (χ0n) is 44.5. The number of anilines is 2. The third-order valence-electron chi connectivity index (χ3n) is 14.6. The van der Waals surface area contributed by atoms with E-state index in [4.69, 9.17) is 28.9 Å². The normalized spacial score (nSPS) is 12.5. The lowest BCUT2D eigenvalue weighted by Crippen LogP contribution is -2.17. The van der Waals surface area contributed by atoms with Crippen LogP contribution in [0.25, 0.3) is 76.5 Å². The molecule has 0 fully saturated rings. The molecule has 8 aromatic heterocycles. The second-order valence-corrected chi connectivity index (χ2v) is 20.0. The van der Waals surface area contributed by atoms with E-state index in [1.54, 1.807) is 14.2 Å². The van der Waals surface area contributed by atoms with Crippen LogP contribution in [0.5, 0.6) is 23.0 Å². The highest BCUT2D eigenvalue weighted by Gasteiger charge is 2.24. The first-order valence-corrected chi connectivity index (χ1v) is 26.4. The first-order valence-electron chi connectivity index (χ1n) is 26.4. The van der Waals surface area contributed by atoms with Crippen LogP contribution in [-0.4, -0.2) is 86.2 Å². The number of nitrogens with zero attached hydrogens (tertiary/aromatic N) is 10. The first-order chi connectivity index (χ1) is 38.2. The van der Waals surface area contributed by atoms with E-state index in [0.29, 0.717) is 37.8 Å². The van der Waals surface area contributed by atoms with Crippen molar-refractivity contribution in [2.45, 2.75) is 91.8 Å². The van der Waals surface area contributed by atoms with E-state index in [-0.39, 0.29) is 12.1 Å². The van der Waals surface area contributed by atoms with Crippen molar-refractivity contribution in [3.63, 3.8) is 0 Å². The summed E-state index contributed by atoms with van der Waals surface area (Å²) in [5.74, 6) is 2.93. The van der Waals surface area contributed by atoms with Crippen molar-refractivity contribution in [2.24, 2.45) is 0 Å². The van der Waals surface area contributed by atoms with Gasteiger partial charge in [0.1, 0.15) is 47.6 Å². The smallest absolute Gasteiger partial charge is 0.134 e. The highest BCUT2D eigenvalue weighted by molar-refractivity contribution is 6.14. The molecule has 4 N–H and O–H groups in total. The Labute approximate surface area is 449 Å². The summed E-state index contributed by atoms with van der Waals surface area (Å²) in [4.78, 5) is 25.7. The SMILES string of the molecule is COc1cc(NC(C)CCCn2cc(COc3ccc4[nH]c5c(C)nccc5c4c3)nn2)c2ncccc2c1-c1c(OC)cc(NC(C)CCCn2cc(COc3ccc4[nH]c5c(C)nccc5c4c3)nn2)c2ncccc12. The molecule has 0 saturated heterocycles. The molecule has 0 amide bonds. The van der Waals surface area contributed by atoms with Crippen molar-refractivity contribution in [3.8, 4) is 34.1 Å². The van der Waals surface area contributed by atoms with Crippen LogP contribution < -0.4 is 29.6 Å². The third kappa shape index (κ3) is 9.87. The van der Waals surface area contributed by atoms with Crippen molar-refractivity contribution in [1.29, 1.82) is 0 Å². The van der Waals surface area contributed by atoms with Crippen LogP contribution in [0.15, 0.2) is 122 Å². The van der Waals surface area contributed by atoms with Gasteiger partial charge in [0.05, 0.1) is 71.4 Å². The van der Waals surface area contributed by atoms with Gasteiger partial charge in [-0.15, -0.1) is 10.2 Å². The zero-order valence-corrected chi connectivity index (χ0v) is 44.5. The third-order valence-corrected chi connectivity index (χ3v) is 14.6. The lowest BCUT2D eigenvalue weighted by molar-refractivity contribution is 0.301. The number of H-pyrrole nitrogens is 2. The number of aryl methyl sites for hydroxylation is 4. The number of hydrogen-bond acceptors (Lipinski definition) is 14. The number of aromatic nitrogens is 12.